The number of aliphatic carboxylic acids is 1. The molecule has 0 aliphatic carbocycles. The van der Waals surface area contributed by atoms with Crippen LogP contribution in [0, 0.1) is 0 Å². The van der Waals surface area contributed by atoms with E-state index in [9.17, 15) is 4.79 Å². The summed E-state index contributed by atoms with van der Waals surface area (Å²) in [5.41, 5.74) is 0. The van der Waals surface area contributed by atoms with Gasteiger partial charge in [-0.1, -0.05) is 0 Å². The second kappa shape index (κ2) is 4.21. The molecule has 0 heterocycles. The smallest absolute Gasteiger partial charge is 0.370 e. The van der Waals surface area contributed by atoms with Gasteiger partial charge in [0.25, 0.3) is 0 Å². The Balaban J connectivity index is 3.98. The van der Waals surface area contributed by atoms with E-state index in [2.05, 4.69) is 4.74 Å². The first kappa shape index (κ1) is 8.30. The number of carbonyl (C=O) groups is 1. The molecule has 0 bridgehead atoms. The van der Waals surface area contributed by atoms with Crippen molar-refractivity contribution < 1.29 is 14.6 Å². The summed E-state index contributed by atoms with van der Waals surface area (Å²) in [6.07, 6.45) is 1.28. The molecule has 0 aliphatic rings. The highest BCUT2D eigenvalue weighted by Gasteiger charge is 2.03. The molecule has 0 atom stereocenters. The number of ether oxygens (including phenoxy) is 1. The van der Waals surface area contributed by atoms with E-state index in [1.165, 1.54) is 13.2 Å². The minimum atomic E-state index is -1.10. The maximum Gasteiger partial charge on any atom is 0.370 e. The van der Waals surface area contributed by atoms with Crippen LogP contribution in [-0.4, -0.2) is 24.1 Å². The quantitative estimate of drug-likeness (QED) is 0.369. The number of carboxylic acids is 1. The van der Waals surface area contributed by atoms with Crippen molar-refractivity contribution in [3.05, 3.63) is 11.8 Å². The van der Waals surface area contributed by atoms with E-state index in [0.717, 1.165) is 0 Å². The van der Waals surface area contributed by atoms with Gasteiger partial charge in [-0.05, 0) is 6.08 Å². The number of halogens is 1. The molecule has 0 spiro atoms. The van der Waals surface area contributed by atoms with Gasteiger partial charge in [-0.25, -0.2) is 4.79 Å². The topological polar surface area (TPSA) is 46.5 Å². The standard InChI is InChI=1S/C5H7ClO3/c1-9-4(2-3-6)5(7)8/h2H,3H2,1H3,(H,7,8)/b4-2-. The molecule has 0 rings (SSSR count). The molecule has 0 unspecified atom stereocenters. The number of methoxy groups -OCH3 is 1. The maximum absolute atomic E-state index is 10.1. The monoisotopic (exact) mass is 150 g/mol. The highest BCUT2D eigenvalue weighted by molar-refractivity contribution is 6.19. The summed E-state index contributed by atoms with van der Waals surface area (Å²) in [6, 6.07) is 0. The average Bonchev–Trinajstić information content (AvgIpc) is 1.82. The fourth-order valence-electron chi connectivity index (χ4n) is 0.328. The van der Waals surface area contributed by atoms with E-state index in [4.69, 9.17) is 16.7 Å². The summed E-state index contributed by atoms with van der Waals surface area (Å²) in [6.45, 7) is 0. The fourth-order valence-corrected chi connectivity index (χ4v) is 0.468. The lowest BCUT2D eigenvalue weighted by Gasteiger charge is -1.96. The van der Waals surface area contributed by atoms with Gasteiger partial charge < -0.3 is 9.84 Å². The van der Waals surface area contributed by atoms with Gasteiger partial charge in [0.15, 0.2) is 0 Å². The Morgan fingerprint density at radius 1 is 1.89 bits per heavy atom. The molecule has 52 valence electrons. The van der Waals surface area contributed by atoms with E-state index in [1.807, 2.05) is 0 Å². The van der Waals surface area contributed by atoms with E-state index in [0.29, 0.717) is 0 Å². The van der Waals surface area contributed by atoms with Crippen LogP contribution in [-0.2, 0) is 9.53 Å². The van der Waals surface area contributed by atoms with E-state index < -0.39 is 5.97 Å². The Morgan fingerprint density at radius 3 is 2.56 bits per heavy atom. The van der Waals surface area contributed by atoms with Crippen LogP contribution >= 0.6 is 11.6 Å². The molecule has 0 saturated carbocycles. The van der Waals surface area contributed by atoms with Crippen LogP contribution in [0.1, 0.15) is 0 Å². The second-order valence-corrected chi connectivity index (χ2v) is 1.54. The average molecular weight is 151 g/mol. The summed E-state index contributed by atoms with van der Waals surface area (Å²) in [7, 11) is 1.28. The zero-order valence-corrected chi connectivity index (χ0v) is 5.68. The van der Waals surface area contributed by atoms with Crippen molar-refractivity contribution in [2.75, 3.05) is 13.0 Å². The van der Waals surface area contributed by atoms with E-state index in [1.54, 1.807) is 0 Å². The number of hydrogen-bond acceptors (Lipinski definition) is 2. The van der Waals surface area contributed by atoms with E-state index in [-0.39, 0.29) is 11.6 Å². The Morgan fingerprint density at radius 2 is 2.44 bits per heavy atom. The van der Waals surface area contributed by atoms with Crippen molar-refractivity contribution >= 4 is 17.6 Å². The first-order valence-electron chi connectivity index (χ1n) is 2.25. The van der Waals surface area contributed by atoms with Crippen LogP contribution in [0.2, 0.25) is 0 Å². The van der Waals surface area contributed by atoms with Gasteiger partial charge in [0, 0.05) is 5.88 Å². The zero-order chi connectivity index (χ0) is 7.28. The molecular weight excluding hydrogens is 144 g/mol. The number of hydrogen-bond donors (Lipinski definition) is 1. The van der Waals surface area contributed by atoms with Crippen molar-refractivity contribution in [2.24, 2.45) is 0 Å². The van der Waals surface area contributed by atoms with Gasteiger partial charge in [0.2, 0.25) is 5.76 Å². The minimum absolute atomic E-state index is 0.120. The molecule has 0 aromatic rings. The number of rotatable bonds is 3. The van der Waals surface area contributed by atoms with Crippen molar-refractivity contribution in [3.63, 3.8) is 0 Å². The Hall–Kier alpha value is -0.700. The van der Waals surface area contributed by atoms with Crippen LogP contribution in [0.3, 0.4) is 0 Å². The Labute approximate surface area is 57.9 Å². The van der Waals surface area contributed by atoms with E-state index >= 15 is 0 Å². The summed E-state index contributed by atoms with van der Waals surface area (Å²) in [5.74, 6) is -1.07. The third-order valence-electron chi connectivity index (χ3n) is 0.693. The molecule has 9 heavy (non-hydrogen) atoms. The molecule has 0 amide bonds. The van der Waals surface area contributed by atoms with Crippen molar-refractivity contribution in [1.82, 2.24) is 0 Å². The van der Waals surface area contributed by atoms with Crippen molar-refractivity contribution in [2.45, 2.75) is 0 Å². The Kier molecular flexibility index (Phi) is 3.88. The lowest BCUT2D eigenvalue weighted by atomic mass is 10.5. The third-order valence-corrected chi connectivity index (χ3v) is 0.848. The van der Waals surface area contributed by atoms with Crippen molar-refractivity contribution in [1.29, 1.82) is 0 Å². The summed E-state index contributed by atoms with van der Waals surface area (Å²) < 4.78 is 4.43. The molecular formula is C5H7ClO3. The van der Waals surface area contributed by atoms with Gasteiger partial charge >= 0.3 is 5.97 Å². The molecule has 4 heteroatoms. The molecule has 0 fully saturated rings. The number of alkyl halides is 1. The summed E-state index contributed by atoms with van der Waals surface area (Å²) >= 11 is 5.20. The van der Waals surface area contributed by atoms with Gasteiger partial charge in [-0.3, -0.25) is 0 Å². The van der Waals surface area contributed by atoms with Crippen molar-refractivity contribution in [3.8, 4) is 0 Å². The molecule has 0 aliphatic heterocycles. The maximum atomic E-state index is 10.1. The summed E-state index contributed by atoms with van der Waals surface area (Å²) in [4.78, 5) is 10.1. The zero-order valence-electron chi connectivity index (χ0n) is 4.93. The van der Waals surface area contributed by atoms with Crippen LogP contribution in [0.4, 0.5) is 0 Å². The van der Waals surface area contributed by atoms with Gasteiger partial charge in [0.1, 0.15) is 0 Å². The first-order valence-corrected chi connectivity index (χ1v) is 2.79. The first-order chi connectivity index (χ1) is 4.22. The highest BCUT2D eigenvalue weighted by Crippen LogP contribution is 1.94. The SMILES string of the molecule is CO/C(=C\CCl)C(=O)O. The predicted molar refractivity (Wildman–Crippen MR) is 33.4 cm³/mol. The third kappa shape index (κ3) is 2.98. The second-order valence-electron chi connectivity index (χ2n) is 1.23. The Bertz CT molecular complexity index is 130. The van der Waals surface area contributed by atoms with Crippen LogP contribution < -0.4 is 0 Å². The summed E-state index contributed by atoms with van der Waals surface area (Å²) in [5, 5.41) is 8.25. The molecule has 0 radical (unpaired) electrons. The van der Waals surface area contributed by atoms with Gasteiger partial charge in [-0.2, -0.15) is 0 Å². The molecule has 1 N–H and O–H groups in total. The highest BCUT2D eigenvalue weighted by atomic mass is 35.5. The van der Waals surface area contributed by atoms with Crippen LogP contribution in [0.25, 0.3) is 0 Å². The molecule has 0 aromatic carbocycles. The van der Waals surface area contributed by atoms with Gasteiger partial charge in [-0.15, -0.1) is 11.6 Å². The minimum Gasteiger partial charge on any atom is -0.490 e. The lowest BCUT2D eigenvalue weighted by Crippen LogP contribution is -2.02. The molecule has 0 saturated heterocycles. The van der Waals surface area contributed by atoms with Crippen LogP contribution in [0.15, 0.2) is 11.8 Å². The molecule has 0 aromatic heterocycles. The number of carboxylic acid groups (broad SMARTS) is 1. The largest absolute Gasteiger partial charge is 0.490 e. The normalized spacial score (nSPS) is 11.1. The fraction of sp³-hybridized carbons (Fsp3) is 0.400. The van der Waals surface area contributed by atoms with Gasteiger partial charge in [0.05, 0.1) is 7.11 Å². The predicted octanol–water partition coefficient (Wildman–Crippen LogP) is 0.840. The van der Waals surface area contributed by atoms with Crippen LogP contribution in [0.5, 0.6) is 0 Å². The lowest BCUT2D eigenvalue weighted by molar-refractivity contribution is -0.136. The number of allylic oxidation sites excluding steroid dienone is 1. The molecule has 3 nitrogen and oxygen atoms in total.